The van der Waals surface area contributed by atoms with Gasteiger partial charge >= 0.3 is 0 Å². The van der Waals surface area contributed by atoms with Crippen molar-refractivity contribution in [3.8, 4) is 0 Å². The average Bonchev–Trinajstić information content (AvgIpc) is 2.41. The lowest BCUT2D eigenvalue weighted by atomic mass is 10.2. The Bertz CT molecular complexity index is 545. The summed E-state index contributed by atoms with van der Waals surface area (Å²) >= 11 is 2.28. The topological polar surface area (TPSA) is 27.6 Å². The van der Waals surface area contributed by atoms with Crippen LogP contribution in [0, 0.1) is 3.57 Å². The lowest BCUT2D eigenvalue weighted by molar-refractivity contribution is 1.13. The van der Waals surface area contributed by atoms with Gasteiger partial charge < -0.3 is 4.90 Å². The second-order valence-corrected chi connectivity index (χ2v) is 5.61. The number of hydrogen-bond acceptors (Lipinski definition) is 3. The van der Waals surface area contributed by atoms with Crippen LogP contribution in [0.1, 0.15) is 5.56 Å². The molecule has 0 saturated carbocycles. The summed E-state index contributed by atoms with van der Waals surface area (Å²) in [5.74, 6) is 0. The molecule has 0 aliphatic rings. The monoisotopic (exact) mass is 365 g/mol. The van der Waals surface area contributed by atoms with Crippen molar-refractivity contribution in [2.24, 2.45) is 5.10 Å². The Labute approximate surface area is 127 Å². The highest BCUT2D eigenvalue weighted by atomic mass is 127. The molecule has 0 heterocycles. The first kappa shape index (κ1) is 13.9. The molecule has 0 atom stereocenters. The number of hydrogen-bond donors (Lipinski definition) is 1. The molecule has 0 aromatic heterocycles. The molecule has 0 fully saturated rings. The van der Waals surface area contributed by atoms with E-state index in [1.807, 2.05) is 44.6 Å². The van der Waals surface area contributed by atoms with E-state index in [0.29, 0.717) is 0 Å². The largest absolute Gasteiger partial charge is 0.378 e. The molecule has 4 heteroatoms. The van der Waals surface area contributed by atoms with E-state index in [1.165, 1.54) is 9.26 Å². The predicted molar refractivity (Wildman–Crippen MR) is 91.1 cm³/mol. The zero-order chi connectivity index (χ0) is 13.7. The van der Waals surface area contributed by atoms with Crippen molar-refractivity contribution in [3.63, 3.8) is 0 Å². The summed E-state index contributed by atoms with van der Waals surface area (Å²) in [7, 11) is 4.06. The third-order valence-corrected chi connectivity index (χ3v) is 3.38. The van der Waals surface area contributed by atoms with E-state index < -0.39 is 0 Å². The second-order valence-electron chi connectivity index (χ2n) is 4.36. The van der Waals surface area contributed by atoms with Gasteiger partial charge in [-0.05, 0) is 64.6 Å². The van der Waals surface area contributed by atoms with Crippen molar-refractivity contribution in [1.82, 2.24) is 0 Å². The summed E-state index contributed by atoms with van der Waals surface area (Å²) in [5, 5.41) is 4.22. The van der Waals surface area contributed by atoms with E-state index in [0.717, 1.165) is 11.3 Å². The first-order valence-corrected chi connectivity index (χ1v) is 7.05. The molecule has 3 nitrogen and oxygen atoms in total. The SMILES string of the molecule is CN(C)c1ccc(/C=N/Nc2ccc(I)cc2)cc1. The molecule has 2 rings (SSSR count). The zero-order valence-electron chi connectivity index (χ0n) is 11.0. The second kappa shape index (κ2) is 6.56. The van der Waals surface area contributed by atoms with Gasteiger partial charge in [0.2, 0.25) is 0 Å². The van der Waals surface area contributed by atoms with E-state index >= 15 is 0 Å². The van der Waals surface area contributed by atoms with Crippen molar-refractivity contribution < 1.29 is 0 Å². The van der Waals surface area contributed by atoms with Crippen LogP contribution in [0.25, 0.3) is 0 Å². The normalized spacial score (nSPS) is 10.7. The van der Waals surface area contributed by atoms with Crippen LogP contribution in [-0.4, -0.2) is 20.3 Å². The lowest BCUT2D eigenvalue weighted by Crippen LogP contribution is -2.08. The molecule has 0 aliphatic heterocycles. The smallest absolute Gasteiger partial charge is 0.0562 e. The molecular formula is C15H16IN3. The minimum absolute atomic E-state index is 0.988. The van der Waals surface area contributed by atoms with Gasteiger partial charge in [-0.15, -0.1) is 0 Å². The highest BCUT2D eigenvalue weighted by Gasteiger charge is 1.94. The Hall–Kier alpha value is -1.56. The van der Waals surface area contributed by atoms with E-state index in [9.17, 15) is 0 Å². The fourth-order valence-corrected chi connectivity index (χ4v) is 1.92. The molecule has 0 unspecified atom stereocenters. The molecular weight excluding hydrogens is 349 g/mol. The predicted octanol–water partition coefficient (Wildman–Crippen LogP) is 3.80. The maximum Gasteiger partial charge on any atom is 0.0562 e. The van der Waals surface area contributed by atoms with Crippen LogP contribution in [0.15, 0.2) is 53.6 Å². The summed E-state index contributed by atoms with van der Waals surface area (Å²) in [6.07, 6.45) is 1.82. The van der Waals surface area contributed by atoms with E-state index in [2.05, 4.69) is 62.3 Å². The molecule has 0 bridgehead atoms. The van der Waals surface area contributed by atoms with Crippen LogP contribution in [0.4, 0.5) is 11.4 Å². The average molecular weight is 365 g/mol. The summed E-state index contributed by atoms with van der Waals surface area (Å²) < 4.78 is 1.21. The van der Waals surface area contributed by atoms with Gasteiger partial charge in [0, 0.05) is 23.4 Å². The fraction of sp³-hybridized carbons (Fsp3) is 0.133. The summed E-state index contributed by atoms with van der Waals surface area (Å²) in [4.78, 5) is 2.07. The van der Waals surface area contributed by atoms with Crippen LogP contribution < -0.4 is 10.3 Å². The van der Waals surface area contributed by atoms with Gasteiger partial charge in [0.15, 0.2) is 0 Å². The van der Waals surface area contributed by atoms with Crippen LogP contribution >= 0.6 is 22.6 Å². The minimum Gasteiger partial charge on any atom is -0.378 e. The van der Waals surface area contributed by atoms with E-state index in [-0.39, 0.29) is 0 Å². The summed E-state index contributed by atoms with van der Waals surface area (Å²) in [6.45, 7) is 0. The number of halogens is 1. The first-order valence-electron chi connectivity index (χ1n) is 5.97. The first-order chi connectivity index (χ1) is 9.15. The molecule has 0 radical (unpaired) electrons. The number of nitrogens with zero attached hydrogens (tertiary/aromatic N) is 2. The highest BCUT2D eigenvalue weighted by molar-refractivity contribution is 14.1. The van der Waals surface area contributed by atoms with Crippen LogP contribution in [0.2, 0.25) is 0 Å². The van der Waals surface area contributed by atoms with Gasteiger partial charge in [0.25, 0.3) is 0 Å². The molecule has 0 amide bonds. The Balaban J connectivity index is 1.97. The number of rotatable bonds is 4. The number of nitrogens with one attached hydrogen (secondary N) is 1. The number of anilines is 2. The van der Waals surface area contributed by atoms with Crippen molar-refractivity contribution in [3.05, 3.63) is 57.7 Å². The Morgan fingerprint density at radius 1 is 1.00 bits per heavy atom. The molecule has 0 saturated heterocycles. The van der Waals surface area contributed by atoms with Gasteiger partial charge in [-0.3, -0.25) is 5.43 Å². The number of hydrazone groups is 1. The lowest BCUT2D eigenvalue weighted by Gasteiger charge is -2.11. The maximum absolute atomic E-state index is 4.22. The molecule has 2 aromatic carbocycles. The molecule has 0 spiro atoms. The van der Waals surface area contributed by atoms with Crippen molar-refractivity contribution in [1.29, 1.82) is 0 Å². The Morgan fingerprint density at radius 3 is 2.21 bits per heavy atom. The van der Waals surface area contributed by atoms with Crippen LogP contribution in [0.5, 0.6) is 0 Å². The third-order valence-electron chi connectivity index (χ3n) is 2.66. The van der Waals surface area contributed by atoms with Crippen LogP contribution in [0.3, 0.4) is 0 Å². The van der Waals surface area contributed by atoms with Crippen molar-refractivity contribution in [2.45, 2.75) is 0 Å². The Kier molecular flexibility index (Phi) is 4.79. The van der Waals surface area contributed by atoms with Gasteiger partial charge in [-0.1, -0.05) is 12.1 Å². The van der Waals surface area contributed by atoms with Gasteiger partial charge in [-0.2, -0.15) is 5.10 Å². The number of benzene rings is 2. The minimum atomic E-state index is 0.988. The highest BCUT2D eigenvalue weighted by Crippen LogP contribution is 2.12. The van der Waals surface area contributed by atoms with Gasteiger partial charge in [0.1, 0.15) is 0 Å². The molecule has 19 heavy (non-hydrogen) atoms. The van der Waals surface area contributed by atoms with Gasteiger partial charge in [0.05, 0.1) is 11.9 Å². The van der Waals surface area contributed by atoms with Gasteiger partial charge in [-0.25, -0.2) is 0 Å². The molecule has 1 N–H and O–H groups in total. The van der Waals surface area contributed by atoms with Crippen LogP contribution in [-0.2, 0) is 0 Å². The zero-order valence-corrected chi connectivity index (χ0v) is 13.1. The Morgan fingerprint density at radius 2 is 1.63 bits per heavy atom. The molecule has 2 aromatic rings. The summed E-state index contributed by atoms with van der Waals surface area (Å²) in [5.41, 5.74) is 6.26. The fourth-order valence-electron chi connectivity index (χ4n) is 1.56. The maximum atomic E-state index is 4.22. The molecule has 0 aliphatic carbocycles. The third kappa shape index (κ3) is 4.24. The van der Waals surface area contributed by atoms with E-state index in [1.54, 1.807) is 0 Å². The standard InChI is InChI=1S/C15H16IN3/c1-19(2)15-9-3-12(4-10-15)11-17-18-14-7-5-13(16)6-8-14/h3-11,18H,1-2H3/b17-11+. The van der Waals surface area contributed by atoms with Crippen molar-refractivity contribution >= 4 is 40.2 Å². The van der Waals surface area contributed by atoms with E-state index in [4.69, 9.17) is 0 Å². The molecule has 98 valence electrons. The quantitative estimate of drug-likeness (QED) is 0.507. The van der Waals surface area contributed by atoms with Crippen molar-refractivity contribution in [2.75, 3.05) is 24.4 Å². The summed E-state index contributed by atoms with van der Waals surface area (Å²) in [6, 6.07) is 16.4.